The maximum absolute atomic E-state index is 12.7. The highest BCUT2D eigenvalue weighted by atomic mass is 32.1. The first-order valence-corrected chi connectivity index (χ1v) is 10.7. The van der Waals surface area contributed by atoms with Gasteiger partial charge in [-0.05, 0) is 44.5 Å². The quantitative estimate of drug-likeness (QED) is 0.487. The average molecular weight is 423 g/mol. The number of hydrogen-bond acceptors (Lipinski definition) is 6. The molecule has 6 nitrogen and oxygen atoms in total. The van der Waals surface area contributed by atoms with Gasteiger partial charge in [0.1, 0.15) is 23.0 Å². The van der Waals surface area contributed by atoms with Crippen molar-refractivity contribution in [2.45, 2.75) is 20.3 Å². The SMILES string of the molecule is Cc1nc(-c2ccc(CCNC(=O)c3c(C)oc(-n4cccc4)c3C#N)s2)cs1. The van der Waals surface area contributed by atoms with Gasteiger partial charge in [-0.15, -0.1) is 22.7 Å². The molecule has 0 saturated heterocycles. The second-order valence-corrected chi connectivity index (χ2v) is 8.67. The van der Waals surface area contributed by atoms with E-state index in [-0.39, 0.29) is 11.5 Å². The number of thiophene rings is 1. The first-order valence-electron chi connectivity index (χ1n) is 9.03. The minimum atomic E-state index is -0.298. The van der Waals surface area contributed by atoms with Crippen molar-refractivity contribution in [3.8, 4) is 22.5 Å². The Morgan fingerprint density at radius 3 is 2.79 bits per heavy atom. The number of carbonyl (C=O) groups excluding carboxylic acids is 1. The van der Waals surface area contributed by atoms with Gasteiger partial charge in [0, 0.05) is 29.2 Å². The van der Waals surface area contributed by atoms with Crippen molar-refractivity contribution in [2.24, 2.45) is 0 Å². The molecule has 0 spiro atoms. The third-order valence-electron chi connectivity index (χ3n) is 4.43. The Kier molecular flexibility index (Phi) is 5.34. The molecule has 1 amide bonds. The molecule has 0 aromatic carbocycles. The van der Waals surface area contributed by atoms with Crippen molar-refractivity contribution < 1.29 is 9.21 Å². The standard InChI is InChI=1S/C21H18N4O2S2/c1-13-19(16(11-22)21(27-13)25-9-3-4-10-25)20(26)23-8-7-15-5-6-18(29-15)17-12-28-14(2)24-17/h3-6,9-10,12H,7-8H2,1-2H3,(H,23,26). The van der Waals surface area contributed by atoms with Crippen molar-refractivity contribution >= 4 is 28.6 Å². The van der Waals surface area contributed by atoms with Gasteiger partial charge in [0.2, 0.25) is 5.88 Å². The summed E-state index contributed by atoms with van der Waals surface area (Å²) < 4.78 is 7.39. The number of aryl methyl sites for hydroxylation is 2. The van der Waals surface area contributed by atoms with Crippen molar-refractivity contribution in [2.75, 3.05) is 6.54 Å². The topological polar surface area (TPSA) is 83.8 Å². The highest BCUT2D eigenvalue weighted by Crippen LogP contribution is 2.29. The summed E-state index contributed by atoms with van der Waals surface area (Å²) in [7, 11) is 0. The van der Waals surface area contributed by atoms with Crippen LogP contribution in [0.5, 0.6) is 0 Å². The molecule has 0 unspecified atom stereocenters. The lowest BCUT2D eigenvalue weighted by Crippen LogP contribution is -2.26. The molecule has 1 N–H and O–H groups in total. The summed E-state index contributed by atoms with van der Waals surface area (Å²) >= 11 is 3.31. The van der Waals surface area contributed by atoms with E-state index in [9.17, 15) is 10.1 Å². The predicted molar refractivity (Wildman–Crippen MR) is 114 cm³/mol. The van der Waals surface area contributed by atoms with Crippen LogP contribution in [0.15, 0.2) is 46.5 Å². The van der Waals surface area contributed by atoms with Gasteiger partial charge in [0.05, 0.1) is 15.6 Å². The van der Waals surface area contributed by atoms with Crippen LogP contribution in [0.4, 0.5) is 0 Å². The second kappa shape index (κ2) is 8.07. The number of aromatic nitrogens is 2. The molecule has 8 heteroatoms. The van der Waals surface area contributed by atoms with Gasteiger partial charge in [-0.2, -0.15) is 5.26 Å². The van der Waals surface area contributed by atoms with Crippen LogP contribution in [0.1, 0.15) is 31.6 Å². The molecule has 29 heavy (non-hydrogen) atoms. The van der Waals surface area contributed by atoms with Crippen LogP contribution in [-0.2, 0) is 6.42 Å². The van der Waals surface area contributed by atoms with E-state index >= 15 is 0 Å². The van der Waals surface area contributed by atoms with E-state index in [0.717, 1.165) is 15.6 Å². The Morgan fingerprint density at radius 2 is 2.10 bits per heavy atom. The number of carbonyl (C=O) groups is 1. The maximum atomic E-state index is 12.7. The zero-order valence-corrected chi connectivity index (χ0v) is 17.6. The Bertz CT molecular complexity index is 1190. The van der Waals surface area contributed by atoms with E-state index in [4.69, 9.17) is 4.42 Å². The molecular formula is C21H18N4O2S2. The Labute approximate surface area is 176 Å². The fourth-order valence-corrected chi connectivity index (χ4v) is 4.73. The summed E-state index contributed by atoms with van der Waals surface area (Å²) in [6.07, 6.45) is 4.26. The molecule has 0 aliphatic carbocycles. The normalized spacial score (nSPS) is 10.8. The van der Waals surface area contributed by atoms with Gasteiger partial charge in [-0.3, -0.25) is 9.36 Å². The number of rotatable bonds is 6. The molecule has 0 aliphatic rings. The van der Waals surface area contributed by atoms with Gasteiger partial charge < -0.3 is 9.73 Å². The molecule has 4 aromatic rings. The maximum Gasteiger partial charge on any atom is 0.256 e. The van der Waals surface area contributed by atoms with E-state index in [1.807, 2.05) is 19.1 Å². The predicted octanol–water partition coefficient (Wildman–Crippen LogP) is 4.72. The lowest BCUT2D eigenvalue weighted by atomic mass is 10.1. The summed E-state index contributed by atoms with van der Waals surface area (Å²) in [6, 6.07) is 9.90. The minimum Gasteiger partial charge on any atom is -0.443 e. The van der Waals surface area contributed by atoms with Crippen molar-refractivity contribution in [1.29, 1.82) is 5.26 Å². The molecule has 0 radical (unpaired) electrons. The number of nitriles is 1. The largest absolute Gasteiger partial charge is 0.443 e. The van der Waals surface area contributed by atoms with Crippen LogP contribution >= 0.6 is 22.7 Å². The zero-order chi connectivity index (χ0) is 20.4. The summed E-state index contributed by atoms with van der Waals surface area (Å²) in [5.74, 6) is 0.495. The summed E-state index contributed by atoms with van der Waals surface area (Å²) in [6.45, 7) is 4.17. The number of nitrogens with one attached hydrogen (secondary N) is 1. The molecule has 0 saturated carbocycles. The molecule has 146 valence electrons. The molecule has 0 fully saturated rings. The third-order valence-corrected chi connectivity index (χ3v) is 6.37. The van der Waals surface area contributed by atoms with E-state index in [1.165, 1.54) is 4.88 Å². The lowest BCUT2D eigenvalue weighted by Gasteiger charge is -2.04. The summed E-state index contributed by atoms with van der Waals surface area (Å²) in [5, 5.41) is 15.6. The van der Waals surface area contributed by atoms with Crippen molar-refractivity contribution in [3.05, 3.63) is 68.8 Å². The molecule has 4 rings (SSSR count). The highest BCUT2D eigenvalue weighted by molar-refractivity contribution is 7.16. The zero-order valence-electron chi connectivity index (χ0n) is 15.9. The van der Waals surface area contributed by atoms with Crippen molar-refractivity contribution in [3.63, 3.8) is 0 Å². The van der Waals surface area contributed by atoms with E-state index in [2.05, 4.69) is 33.9 Å². The van der Waals surface area contributed by atoms with Crippen LogP contribution in [0.2, 0.25) is 0 Å². The third kappa shape index (κ3) is 3.88. The van der Waals surface area contributed by atoms with Gasteiger partial charge in [0.25, 0.3) is 5.91 Å². The Morgan fingerprint density at radius 1 is 1.31 bits per heavy atom. The Hall–Kier alpha value is -3.15. The van der Waals surface area contributed by atoms with Gasteiger partial charge in [0.15, 0.2) is 0 Å². The number of nitrogens with zero attached hydrogens (tertiary/aromatic N) is 3. The van der Waals surface area contributed by atoms with Crippen LogP contribution in [0, 0.1) is 25.2 Å². The molecule has 0 aliphatic heterocycles. The fraction of sp³-hybridized carbons (Fsp3) is 0.190. The van der Waals surface area contributed by atoms with E-state index < -0.39 is 0 Å². The van der Waals surface area contributed by atoms with Gasteiger partial charge in [-0.25, -0.2) is 4.98 Å². The Balaban J connectivity index is 1.43. The van der Waals surface area contributed by atoms with Crippen LogP contribution < -0.4 is 5.32 Å². The molecule has 0 atom stereocenters. The molecule has 4 aromatic heterocycles. The summed E-state index contributed by atoms with van der Waals surface area (Å²) in [4.78, 5) is 19.5. The number of amides is 1. The molecular weight excluding hydrogens is 404 g/mol. The molecule has 0 bridgehead atoms. The van der Waals surface area contributed by atoms with Crippen LogP contribution in [0.25, 0.3) is 16.5 Å². The number of furan rings is 1. The monoisotopic (exact) mass is 422 g/mol. The van der Waals surface area contributed by atoms with Crippen molar-refractivity contribution in [1.82, 2.24) is 14.9 Å². The highest BCUT2D eigenvalue weighted by Gasteiger charge is 2.24. The van der Waals surface area contributed by atoms with E-state index in [0.29, 0.717) is 30.2 Å². The fourth-order valence-electron chi connectivity index (χ4n) is 3.07. The summed E-state index contributed by atoms with van der Waals surface area (Å²) in [5.41, 5.74) is 1.53. The van der Waals surface area contributed by atoms with Crippen LogP contribution in [0.3, 0.4) is 0 Å². The smallest absolute Gasteiger partial charge is 0.256 e. The van der Waals surface area contributed by atoms with Crippen LogP contribution in [-0.4, -0.2) is 22.0 Å². The average Bonchev–Trinajstić information content (AvgIpc) is 3.48. The number of hydrogen-bond donors (Lipinski definition) is 1. The first-order chi connectivity index (χ1) is 14.1. The number of thiazole rings is 1. The van der Waals surface area contributed by atoms with E-state index in [1.54, 1.807) is 46.6 Å². The second-order valence-electron chi connectivity index (χ2n) is 6.44. The minimum absolute atomic E-state index is 0.244. The van der Waals surface area contributed by atoms with Gasteiger partial charge >= 0.3 is 0 Å². The van der Waals surface area contributed by atoms with Gasteiger partial charge in [-0.1, -0.05) is 0 Å². The molecule has 4 heterocycles. The first kappa shape index (κ1) is 19.2. The lowest BCUT2D eigenvalue weighted by molar-refractivity contribution is 0.0952.